The molecule has 0 atom stereocenters. The standard InChI is InChI=1S/C14H14O3/c1-2-10-7-8-14(12(16)9-10)17-13-6-4-3-5-11(13)15/h3-9,15-16H,2H2,1H3. The van der Waals surface area contributed by atoms with Crippen LogP contribution in [0.4, 0.5) is 0 Å². The Labute approximate surface area is 99.9 Å². The molecule has 0 aliphatic heterocycles. The smallest absolute Gasteiger partial charge is 0.169 e. The van der Waals surface area contributed by atoms with E-state index in [1.807, 2.05) is 13.0 Å². The van der Waals surface area contributed by atoms with Crippen molar-refractivity contribution in [3.63, 3.8) is 0 Å². The highest BCUT2D eigenvalue weighted by Crippen LogP contribution is 2.35. The van der Waals surface area contributed by atoms with E-state index in [0.717, 1.165) is 12.0 Å². The maximum atomic E-state index is 9.77. The number of aryl methyl sites for hydroxylation is 1. The predicted octanol–water partition coefficient (Wildman–Crippen LogP) is 3.45. The summed E-state index contributed by atoms with van der Waals surface area (Å²) in [5.41, 5.74) is 1.03. The van der Waals surface area contributed by atoms with Crippen LogP contribution in [0.1, 0.15) is 12.5 Å². The van der Waals surface area contributed by atoms with Crippen molar-refractivity contribution >= 4 is 0 Å². The van der Waals surface area contributed by atoms with Crippen molar-refractivity contribution in [2.24, 2.45) is 0 Å². The molecule has 3 nitrogen and oxygen atoms in total. The number of aromatic hydroxyl groups is 2. The molecule has 2 rings (SSSR count). The maximum absolute atomic E-state index is 9.77. The predicted molar refractivity (Wildman–Crippen MR) is 65.7 cm³/mol. The average molecular weight is 230 g/mol. The summed E-state index contributed by atoms with van der Waals surface area (Å²) in [4.78, 5) is 0. The molecule has 2 N–H and O–H groups in total. The van der Waals surface area contributed by atoms with Gasteiger partial charge in [0.2, 0.25) is 0 Å². The van der Waals surface area contributed by atoms with Gasteiger partial charge < -0.3 is 14.9 Å². The fourth-order valence-electron chi connectivity index (χ4n) is 1.53. The Balaban J connectivity index is 2.28. The summed E-state index contributed by atoms with van der Waals surface area (Å²) in [5, 5.41) is 19.3. The molecule has 0 aromatic heterocycles. The summed E-state index contributed by atoms with van der Waals surface area (Å²) in [6.45, 7) is 2.01. The molecule has 0 unspecified atom stereocenters. The zero-order valence-corrected chi connectivity index (χ0v) is 9.55. The summed E-state index contributed by atoms with van der Waals surface area (Å²) in [5.74, 6) is 0.787. The Hall–Kier alpha value is -2.16. The number of phenolic OH excluding ortho intramolecular Hbond substituents is 2. The molecule has 0 saturated heterocycles. The lowest BCUT2D eigenvalue weighted by Gasteiger charge is -2.09. The molecule has 17 heavy (non-hydrogen) atoms. The highest BCUT2D eigenvalue weighted by molar-refractivity contribution is 5.47. The number of phenols is 2. The Morgan fingerprint density at radius 1 is 0.941 bits per heavy atom. The Morgan fingerprint density at radius 2 is 1.65 bits per heavy atom. The minimum absolute atomic E-state index is 0.0477. The van der Waals surface area contributed by atoms with Crippen LogP contribution in [0.5, 0.6) is 23.0 Å². The van der Waals surface area contributed by atoms with E-state index in [4.69, 9.17) is 4.74 Å². The van der Waals surface area contributed by atoms with Gasteiger partial charge in [-0.15, -0.1) is 0 Å². The van der Waals surface area contributed by atoms with Gasteiger partial charge in [0.15, 0.2) is 23.0 Å². The van der Waals surface area contributed by atoms with Gasteiger partial charge in [0.1, 0.15) is 0 Å². The zero-order chi connectivity index (χ0) is 12.3. The molecular weight excluding hydrogens is 216 g/mol. The number of hydrogen-bond acceptors (Lipinski definition) is 3. The Kier molecular flexibility index (Phi) is 3.19. The van der Waals surface area contributed by atoms with Crippen molar-refractivity contribution in [3.05, 3.63) is 48.0 Å². The van der Waals surface area contributed by atoms with Crippen molar-refractivity contribution < 1.29 is 14.9 Å². The van der Waals surface area contributed by atoms with E-state index in [1.165, 1.54) is 6.07 Å². The molecule has 0 fully saturated rings. The first-order chi connectivity index (χ1) is 8.20. The third kappa shape index (κ3) is 2.50. The Morgan fingerprint density at radius 3 is 2.29 bits per heavy atom. The molecule has 0 spiro atoms. The van der Waals surface area contributed by atoms with Crippen LogP contribution in [-0.4, -0.2) is 10.2 Å². The van der Waals surface area contributed by atoms with Gasteiger partial charge in [0.25, 0.3) is 0 Å². The molecule has 0 aliphatic rings. The lowest BCUT2D eigenvalue weighted by atomic mass is 10.1. The molecule has 0 aliphatic carbocycles. The van der Waals surface area contributed by atoms with Crippen LogP contribution in [0.3, 0.4) is 0 Å². The second kappa shape index (κ2) is 4.78. The highest BCUT2D eigenvalue weighted by atomic mass is 16.5. The van der Waals surface area contributed by atoms with E-state index in [-0.39, 0.29) is 11.5 Å². The maximum Gasteiger partial charge on any atom is 0.169 e. The van der Waals surface area contributed by atoms with Crippen LogP contribution in [0, 0.1) is 0 Å². The Bertz CT molecular complexity index is 521. The molecule has 88 valence electrons. The van der Waals surface area contributed by atoms with E-state index in [0.29, 0.717) is 11.5 Å². The van der Waals surface area contributed by atoms with Gasteiger partial charge in [0, 0.05) is 0 Å². The molecule has 0 heterocycles. The quantitative estimate of drug-likeness (QED) is 0.849. The summed E-state index contributed by atoms with van der Waals surface area (Å²) in [6.07, 6.45) is 0.852. The minimum atomic E-state index is 0.0477. The molecule has 0 saturated carbocycles. The van der Waals surface area contributed by atoms with Gasteiger partial charge in [-0.25, -0.2) is 0 Å². The SMILES string of the molecule is CCc1ccc(Oc2ccccc2O)c(O)c1. The van der Waals surface area contributed by atoms with E-state index >= 15 is 0 Å². The van der Waals surface area contributed by atoms with Gasteiger partial charge in [-0.1, -0.05) is 25.1 Å². The summed E-state index contributed by atoms with van der Waals surface area (Å²) in [6, 6.07) is 11.9. The first-order valence-electron chi connectivity index (χ1n) is 5.48. The van der Waals surface area contributed by atoms with Crippen LogP contribution in [0.2, 0.25) is 0 Å². The van der Waals surface area contributed by atoms with Crippen molar-refractivity contribution in [1.29, 1.82) is 0 Å². The second-order valence-electron chi connectivity index (χ2n) is 3.73. The average Bonchev–Trinajstić information content (AvgIpc) is 2.34. The topological polar surface area (TPSA) is 49.7 Å². The van der Waals surface area contributed by atoms with Gasteiger partial charge in [-0.3, -0.25) is 0 Å². The van der Waals surface area contributed by atoms with Gasteiger partial charge >= 0.3 is 0 Å². The fourth-order valence-corrected chi connectivity index (χ4v) is 1.53. The van der Waals surface area contributed by atoms with Crippen molar-refractivity contribution in [2.45, 2.75) is 13.3 Å². The minimum Gasteiger partial charge on any atom is -0.504 e. The van der Waals surface area contributed by atoms with Crippen LogP contribution >= 0.6 is 0 Å². The number of benzene rings is 2. The van der Waals surface area contributed by atoms with Crippen LogP contribution in [0.25, 0.3) is 0 Å². The normalized spacial score (nSPS) is 10.2. The van der Waals surface area contributed by atoms with E-state index in [1.54, 1.807) is 30.3 Å². The van der Waals surface area contributed by atoms with E-state index < -0.39 is 0 Å². The van der Waals surface area contributed by atoms with Crippen LogP contribution in [-0.2, 0) is 6.42 Å². The van der Waals surface area contributed by atoms with Crippen molar-refractivity contribution in [1.82, 2.24) is 0 Å². The van der Waals surface area contributed by atoms with Gasteiger partial charge in [-0.05, 0) is 36.2 Å². The third-order valence-corrected chi connectivity index (χ3v) is 2.52. The number of rotatable bonds is 3. The molecule has 0 amide bonds. The molecule has 3 heteroatoms. The molecule has 2 aromatic rings. The number of para-hydroxylation sites is 2. The third-order valence-electron chi connectivity index (χ3n) is 2.52. The van der Waals surface area contributed by atoms with Gasteiger partial charge in [-0.2, -0.15) is 0 Å². The summed E-state index contributed by atoms with van der Waals surface area (Å²) < 4.78 is 5.44. The second-order valence-corrected chi connectivity index (χ2v) is 3.73. The first-order valence-corrected chi connectivity index (χ1v) is 5.48. The fraction of sp³-hybridized carbons (Fsp3) is 0.143. The number of hydrogen-bond donors (Lipinski definition) is 2. The van der Waals surface area contributed by atoms with Crippen LogP contribution in [0.15, 0.2) is 42.5 Å². The first kappa shape index (κ1) is 11.3. The number of ether oxygens (including phenoxy) is 1. The van der Waals surface area contributed by atoms with Crippen molar-refractivity contribution in [2.75, 3.05) is 0 Å². The molecule has 2 aromatic carbocycles. The van der Waals surface area contributed by atoms with E-state index in [9.17, 15) is 10.2 Å². The monoisotopic (exact) mass is 230 g/mol. The molecular formula is C14H14O3. The molecule has 0 bridgehead atoms. The summed E-state index contributed by atoms with van der Waals surface area (Å²) in [7, 11) is 0. The highest BCUT2D eigenvalue weighted by Gasteiger charge is 2.07. The lowest BCUT2D eigenvalue weighted by Crippen LogP contribution is -1.87. The van der Waals surface area contributed by atoms with Gasteiger partial charge in [0.05, 0.1) is 0 Å². The molecule has 0 radical (unpaired) electrons. The zero-order valence-electron chi connectivity index (χ0n) is 9.55. The largest absolute Gasteiger partial charge is 0.504 e. The summed E-state index contributed by atoms with van der Waals surface area (Å²) >= 11 is 0. The van der Waals surface area contributed by atoms with Crippen molar-refractivity contribution in [3.8, 4) is 23.0 Å². The van der Waals surface area contributed by atoms with E-state index in [2.05, 4.69) is 0 Å². The van der Waals surface area contributed by atoms with Crippen LogP contribution < -0.4 is 4.74 Å². The lowest BCUT2D eigenvalue weighted by molar-refractivity contribution is 0.385.